The Hall–Kier alpha value is -1.75. The minimum Gasteiger partial charge on any atom is -0.490 e. The van der Waals surface area contributed by atoms with Gasteiger partial charge in [-0.3, -0.25) is 4.90 Å². The first kappa shape index (κ1) is 20.6. The maximum atomic E-state index is 6.02. The topological polar surface area (TPSA) is 47.7 Å². The molecule has 0 unspecified atom stereocenters. The van der Waals surface area contributed by atoms with Crippen molar-refractivity contribution in [3.05, 3.63) is 60.2 Å². The molecular weight excluding hydrogens is 348 g/mol. The average Bonchev–Trinajstić information content (AvgIpc) is 3.07. The molecule has 2 aromatic carbocycles. The van der Waals surface area contributed by atoms with E-state index in [1.54, 1.807) is 0 Å². The van der Waals surface area contributed by atoms with E-state index in [9.17, 15) is 0 Å². The molecule has 0 amide bonds. The SMILES string of the molecule is CCOc1ccccc1OCCN1C[C@@H](CN)[C@H](c2ccccc2)C1.Cl. The maximum absolute atomic E-state index is 6.02. The van der Waals surface area contributed by atoms with Crippen molar-refractivity contribution in [3.8, 4) is 11.5 Å². The molecule has 0 aromatic heterocycles. The first-order chi connectivity index (χ1) is 12.3. The summed E-state index contributed by atoms with van der Waals surface area (Å²) in [7, 11) is 0. The van der Waals surface area contributed by atoms with Crippen molar-refractivity contribution < 1.29 is 9.47 Å². The molecule has 0 spiro atoms. The molecule has 5 heteroatoms. The summed E-state index contributed by atoms with van der Waals surface area (Å²) in [6, 6.07) is 18.6. The molecule has 3 rings (SSSR count). The predicted octanol–water partition coefficient (Wildman–Crippen LogP) is 3.56. The number of likely N-dealkylation sites (tertiary alicyclic amines) is 1. The second-order valence-electron chi connectivity index (χ2n) is 6.50. The lowest BCUT2D eigenvalue weighted by Crippen LogP contribution is -2.27. The lowest BCUT2D eigenvalue weighted by atomic mass is 9.89. The number of halogens is 1. The Morgan fingerprint density at radius 2 is 1.62 bits per heavy atom. The maximum Gasteiger partial charge on any atom is 0.161 e. The van der Waals surface area contributed by atoms with Crippen LogP contribution in [0.1, 0.15) is 18.4 Å². The Morgan fingerprint density at radius 3 is 2.27 bits per heavy atom. The van der Waals surface area contributed by atoms with Crippen LogP contribution in [0.4, 0.5) is 0 Å². The average molecular weight is 377 g/mol. The number of hydrogen-bond acceptors (Lipinski definition) is 4. The van der Waals surface area contributed by atoms with Gasteiger partial charge in [0.1, 0.15) is 6.61 Å². The summed E-state index contributed by atoms with van der Waals surface area (Å²) in [4.78, 5) is 2.46. The van der Waals surface area contributed by atoms with Crippen molar-refractivity contribution in [1.82, 2.24) is 4.90 Å². The smallest absolute Gasteiger partial charge is 0.161 e. The lowest BCUT2D eigenvalue weighted by Gasteiger charge is -2.17. The molecule has 2 atom stereocenters. The first-order valence-electron chi connectivity index (χ1n) is 9.13. The minimum absolute atomic E-state index is 0. The fourth-order valence-electron chi connectivity index (χ4n) is 3.59. The molecule has 0 saturated carbocycles. The third-order valence-electron chi connectivity index (χ3n) is 4.86. The third-order valence-corrected chi connectivity index (χ3v) is 4.86. The van der Waals surface area contributed by atoms with E-state index in [0.717, 1.165) is 37.7 Å². The molecule has 1 aliphatic heterocycles. The molecule has 2 aromatic rings. The molecule has 1 aliphatic rings. The highest BCUT2D eigenvalue weighted by Crippen LogP contribution is 2.32. The van der Waals surface area contributed by atoms with Crippen LogP contribution in [0.3, 0.4) is 0 Å². The van der Waals surface area contributed by atoms with Gasteiger partial charge in [0, 0.05) is 25.6 Å². The van der Waals surface area contributed by atoms with Gasteiger partial charge in [0.15, 0.2) is 11.5 Å². The number of rotatable bonds is 8. The van der Waals surface area contributed by atoms with Gasteiger partial charge >= 0.3 is 0 Å². The van der Waals surface area contributed by atoms with Crippen molar-refractivity contribution in [1.29, 1.82) is 0 Å². The molecule has 1 saturated heterocycles. The standard InChI is InChI=1S/C21H28N2O2.ClH/c1-2-24-20-10-6-7-11-21(20)25-13-12-23-15-18(14-22)19(16-23)17-8-4-3-5-9-17;/h3-11,18-19H,2,12-16,22H2,1H3;1H/t18-,19+;/m1./s1. The zero-order chi connectivity index (χ0) is 17.5. The second kappa shape index (κ2) is 10.4. The van der Waals surface area contributed by atoms with Gasteiger partial charge < -0.3 is 15.2 Å². The summed E-state index contributed by atoms with van der Waals surface area (Å²) in [6.45, 7) is 6.99. The van der Waals surface area contributed by atoms with E-state index in [1.165, 1.54) is 5.56 Å². The highest BCUT2D eigenvalue weighted by Gasteiger charge is 2.32. The molecule has 1 heterocycles. The Bertz CT molecular complexity index is 653. The van der Waals surface area contributed by atoms with Crippen LogP contribution in [0.25, 0.3) is 0 Å². The van der Waals surface area contributed by atoms with Crippen molar-refractivity contribution in [2.45, 2.75) is 12.8 Å². The molecule has 142 valence electrons. The Balaban J connectivity index is 0.00000243. The van der Waals surface area contributed by atoms with E-state index in [-0.39, 0.29) is 12.4 Å². The predicted molar refractivity (Wildman–Crippen MR) is 109 cm³/mol. The molecule has 0 radical (unpaired) electrons. The van der Waals surface area contributed by atoms with Crippen LogP contribution in [0.5, 0.6) is 11.5 Å². The van der Waals surface area contributed by atoms with Crippen LogP contribution in [-0.2, 0) is 0 Å². The van der Waals surface area contributed by atoms with E-state index in [0.29, 0.717) is 25.0 Å². The normalized spacial score (nSPS) is 19.8. The summed E-state index contributed by atoms with van der Waals surface area (Å²) in [5.41, 5.74) is 7.41. The Morgan fingerprint density at radius 1 is 0.962 bits per heavy atom. The van der Waals surface area contributed by atoms with E-state index < -0.39 is 0 Å². The molecule has 4 nitrogen and oxygen atoms in total. The van der Waals surface area contributed by atoms with Gasteiger partial charge in [-0.05, 0) is 37.1 Å². The number of hydrogen-bond donors (Lipinski definition) is 1. The number of nitrogens with zero attached hydrogens (tertiary/aromatic N) is 1. The lowest BCUT2D eigenvalue weighted by molar-refractivity contribution is 0.222. The fourth-order valence-corrected chi connectivity index (χ4v) is 3.59. The summed E-state index contributed by atoms with van der Waals surface area (Å²) in [6.07, 6.45) is 0. The fraction of sp³-hybridized carbons (Fsp3) is 0.429. The van der Waals surface area contributed by atoms with Crippen LogP contribution in [-0.4, -0.2) is 44.3 Å². The quantitative estimate of drug-likeness (QED) is 0.765. The van der Waals surface area contributed by atoms with Gasteiger partial charge in [-0.15, -0.1) is 12.4 Å². The minimum atomic E-state index is 0. The monoisotopic (exact) mass is 376 g/mol. The molecular formula is C21H29ClN2O2. The van der Waals surface area contributed by atoms with Crippen molar-refractivity contribution in [3.63, 3.8) is 0 Å². The van der Waals surface area contributed by atoms with Gasteiger partial charge in [0.25, 0.3) is 0 Å². The number of ether oxygens (including phenoxy) is 2. The van der Waals surface area contributed by atoms with Gasteiger partial charge in [-0.25, -0.2) is 0 Å². The van der Waals surface area contributed by atoms with E-state index in [2.05, 4.69) is 35.2 Å². The zero-order valence-electron chi connectivity index (χ0n) is 15.3. The number of nitrogens with two attached hydrogens (primary N) is 1. The second-order valence-corrected chi connectivity index (χ2v) is 6.50. The van der Waals surface area contributed by atoms with Crippen LogP contribution in [0, 0.1) is 5.92 Å². The largest absolute Gasteiger partial charge is 0.490 e. The molecule has 0 aliphatic carbocycles. The molecule has 1 fully saturated rings. The third kappa shape index (κ3) is 5.13. The van der Waals surface area contributed by atoms with Crippen molar-refractivity contribution in [2.75, 3.05) is 39.4 Å². The number of para-hydroxylation sites is 2. The number of benzene rings is 2. The van der Waals surface area contributed by atoms with Crippen molar-refractivity contribution >= 4 is 12.4 Å². The Kier molecular flexibility index (Phi) is 8.23. The summed E-state index contributed by atoms with van der Waals surface area (Å²) in [5, 5.41) is 0. The molecule has 26 heavy (non-hydrogen) atoms. The molecule has 2 N–H and O–H groups in total. The van der Waals surface area contributed by atoms with Crippen LogP contribution in [0.2, 0.25) is 0 Å². The highest BCUT2D eigenvalue weighted by atomic mass is 35.5. The highest BCUT2D eigenvalue weighted by molar-refractivity contribution is 5.85. The van der Waals surface area contributed by atoms with Crippen LogP contribution in [0.15, 0.2) is 54.6 Å². The van der Waals surface area contributed by atoms with Gasteiger partial charge in [0.2, 0.25) is 0 Å². The Labute approximate surface area is 162 Å². The van der Waals surface area contributed by atoms with Gasteiger partial charge in [0.05, 0.1) is 6.61 Å². The van der Waals surface area contributed by atoms with E-state index in [4.69, 9.17) is 15.2 Å². The zero-order valence-corrected chi connectivity index (χ0v) is 16.2. The van der Waals surface area contributed by atoms with Gasteiger partial charge in [-0.1, -0.05) is 42.5 Å². The van der Waals surface area contributed by atoms with Crippen LogP contribution < -0.4 is 15.2 Å². The van der Waals surface area contributed by atoms with Crippen LogP contribution >= 0.6 is 12.4 Å². The van der Waals surface area contributed by atoms with E-state index >= 15 is 0 Å². The van der Waals surface area contributed by atoms with E-state index in [1.807, 2.05) is 31.2 Å². The first-order valence-corrected chi connectivity index (χ1v) is 9.13. The summed E-state index contributed by atoms with van der Waals surface area (Å²) in [5.74, 6) is 2.66. The van der Waals surface area contributed by atoms with Gasteiger partial charge in [-0.2, -0.15) is 0 Å². The molecule has 0 bridgehead atoms. The summed E-state index contributed by atoms with van der Waals surface area (Å²) < 4.78 is 11.6. The summed E-state index contributed by atoms with van der Waals surface area (Å²) >= 11 is 0. The van der Waals surface area contributed by atoms with Crippen molar-refractivity contribution in [2.24, 2.45) is 11.7 Å².